The van der Waals surface area contributed by atoms with Crippen LogP contribution >= 0.6 is 0 Å². The molecule has 0 atom stereocenters. The fourth-order valence-corrected chi connectivity index (χ4v) is 1.84. The van der Waals surface area contributed by atoms with Crippen molar-refractivity contribution >= 4 is 39.8 Å². The van der Waals surface area contributed by atoms with Crippen LogP contribution in [-0.4, -0.2) is 51.7 Å². The van der Waals surface area contributed by atoms with Crippen molar-refractivity contribution in [2.24, 2.45) is 0 Å². The highest BCUT2D eigenvalue weighted by molar-refractivity contribution is 6.40. The van der Waals surface area contributed by atoms with Gasteiger partial charge in [-0.2, -0.15) is 0 Å². The van der Waals surface area contributed by atoms with Gasteiger partial charge in [0, 0.05) is 7.11 Å². The third-order valence-electron chi connectivity index (χ3n) is 0.408. The minimum absolute atomic E-state index is 0. The number of rotatable bonds is 2. The highest BCUT2D eigenvalue weighted by Crippen LogP contribution is 1.58. The molecular formula is C6H30O3Si4. The normalized spacial score (nSPS) is 9.00. The molecule has 0 rings (SSSR count). The largest absolute Gasteiger partial charge is 0.466 e. The SMILES string of the molecule is C.C.CO[SiH3].C[SiH2]O.C[SiH2]O[SiH2]C. The average molecular weight is 263 g/mol. The molecule has 0 aliphatic heterocycles. The first-order valence-corrected chi connectivity index (χ1v) is 10.7. The highest BCUT2D eigenvalue weighted by Gasteiger charge is 1.67. The molecular weight excluding hydrogens is 232 g/mol. The lowest BCUT2D eigenvalue weighted by Gasteiger charge is -1.85. The zero-order valence-corrected chi connectivity index (χ0v) is 14.6. The van der Waals surface area contributed by atoms with Gasteiger partial charge in [-0.25, -0.2) is 0 Å². The van der Waals surface area contributed by atoms with E-state index in [4.69, 9.17) is 8.91 Å². The summed E-state index contributed by atoms with van der Waals surface area (Å²) in [6, 6.07) is 0. The molecule has 7 heteroatoms. The lowest BCUT2D eigenvalue weighted by Crippen LogP contribution is -1.92. The summed E-state index contributed by atoms with van der Waals surface area (Å²) in [5, 5.41) is 0. The summed E-state index contributed by atoms with van der Waals surface area (Å²) in [5.41, 5.74) is 0. The van der Waals surface area contributed by atoms with Crippen LogP contribution in [0.15, 0.2) is 0 Å². The van der Waals surface area contributed by atoms with Gasteiger partial charge >= 0.3 is 0 Å². The second-order valence-corrected chi connectivity index (χ2v) is 5.74. The maximum Gasteiger partial charge on any atom is 0.153 e. The third-order valence-corrected chi connectivity index (χ3v) is 3.67. The van der Waals surface area contributed by atoms with Crippen molar-refractivity contribution in [3.8, 4) is 0 Å². The first-order chi connectivity index (χ1) is 5.24. The maximum atomic E-state index is 7.71. The fourth-order valence-electron chi connectivity index (χ4n) is 0.204. The summed E-state index contributed by atoms with van der Waals surface area (Å²) in [6.07, 6.45) is 0. The molecule has 0 radical (unpaired) electrons. The Morgan fingerprint density at radius 1 is 1.08 bits per heavy atom. The summed E-state index contributed by atoms with van der Waals surface area (Å²) < 4.78 is 9.50. The molecule has 0 unspecified atom stereocenters. The lowest BCUT2D eigenvalue weighted by atomic mass is 11.8. The Morgan fingerprint density at radius 3 is 1.23 bits per heavy atom. The fraction of sp³-hybridized carbons (Fsp3) is 1.00. The van der Waals surface area contributed by atoms with Gasteiger partial charge in [0.15, 0.2) is 9.76 Å². The van der Waals surface area contributed by atoms with Gasteiger partial charge in [0.25, 0.3) is 0 Å². The van der Waals surface area contributed by atoms with Crippen molar-refractivity contribution in [2.45, 2.75) is 34.5 Å². The molecule has 0 aromatic heterocycles. The molecule has 88 valence electrons. The van der Waals surface area contributed by atoms with Crippen LogP contribution in [-0.2, 0) is 8.54 Å². The topological polar surface area (TPSA) is 38.7 Å². The molecule has 1 N–H and O–H groups in total. The first-order valence-electron chi connectivity index (χ1n) is 3.83. The zero-order chi connectivity index (χ0) is 9.54. The first kappa shape index (κ1) is 29.2. The van der Waals surface area contributed by atoms with Gasteiger partial charge in [-0.3, -0.25) is 0 Å². The zero-order valence-electron chi connectivity index (χ0n) is 8.39. The van der Waals surface area contributed by atoms with E-state index in [2.05, 4.69) is 17.5 Å². The molecule has 0 aromatic rings. The van der Waals surface area contributed by atoms with Gasteiger partial charge in [0.1, 0.15) is 30.0 Å². The van der Waals surface area contributed by atoms with E-state index in [0.717, 1.165) is 10.5 Å². The van der Waals surface area contributed by atoms with Gasteiger partial charge in [-0.15, -0.1) is 0 Å². The van der Waals surface area contributed by atoms with Crippen LogP contribution in [0.25, 0.3) is 0 Å². The van der Waals surface area contributed by atoms with Crippen molar-refractivity contribution in [3.63, 3.8) is 0 Å². The van der Waals surface area contributed by atoms with Crippen molar-refractivity contribution in [1.29, 1.82) is 0 Å². The molecule has 0 heterocycles. The highest BCUT2D eigenvalue weighted by atomic mass is 28.3. The summed E-state index contributed by atoms with van der Waals surface area (Å²) in [7, 11) is 1.92. The van der Waals surface area contributed by atoms with Crippen LogP contribution < -0.4 is 0 Å². The molecule has 0 amide bonds. The monoisotopic (exact) mass is 262 g/mol. The van der Waals surface area contributed by atoms with E-state index in [0.29, 0.717) is 0 Å². The molecule has 0 bridgehead atoms. The third kappa shape index (κ3) is 195. The van der Waals surface area contributed by atoms with Gasteiger partial charge in [-0.1, -0.05) is 34.5 Å². The van der Waals surface area contributed by atoms with Crippen molar-refractivity contribution in [2.75, 3.05) is 7.11 Å². The second-order valence-electron chi connectivity index (χ2n) is 1.51. The standard InChI is InChI=1S/C2H10OSi2.2CH6OSi.2CH4/c1-4-3-5-2;1-3-2;1-2-3;;/h4-5H2,1-2H3;2H,3H2,1H3;1,3H3;2*1H4. The van der Waals surface area contributed by atoms with E-state index in [-0.39, 0.29) is 34.4 Å². The Morgan fingerprint density at radius 2 is 1.23 bits per heavy atom. The van der Waals surface area contributed by atoms with Gasteiger partial charge in [-0.05, 0) is 0 Å². The Hall–Kier alpha value is 0.748. The Balaban J connectivity index is -0.0000000240. The quantitative estimate of drug-likeness (QED) is 0.620. The van der Waals surface area contributed by atoms with E-state index in [1.807, 2.05) is 6.55 Å². The summed E-state index contributed by atoms with van der Waals surface area (Å²) >= 11 is 0. The van der Waals surface area contributed by atoms with E-state index in [1.54, 1.807) is 7.11 Å². The Kier molecular flexibility index (Phi) is 120. The molecule has 0 spiro atoms. The maximum absolute atomic E-state index is 7.71. The van der Waals surface area contributed by atoms with Crippen LogP contribution in [0.1, 0.15) is 14.9 Å². The number of hydrogen-bond donors (Lipinski definition) is 1. The van der Waals surface area contributed by atoms with Gasteiger partial charge in [0.2, 0.25) is 0 Å². The van der Waals surface area contributed by atoms with E-state index in [9.17, 15) is 0 Å². The summed E-state index contributed by atoms with van der Waals surface area (Å²) in [5.74, 6) is 0. The molecule has 0 saturated carbocycles. The predicted octanol–water partition coefficient (Wildman–Crippen LogP) is -1.44. The molecule has 0 saturated heterocycles. The molecule has 13 heavy (non-hydrogen) atoms. The summed E-state index contributed by atoms with van der Waals surface area (Å²) in [4.78, 5) is 7.71. The lowest BCUT2D eigenvalue weighted by molar-refractivity contribution is 0.460. The van der Waals surface area contributed by atoms with Crippen molar-refractivity contribution < 1.29 is 13.3 Å². The Bertz CT molecular complexity index is 39.1. The molecule has 0 aromatic carbocycles. The molecule has 0 aliphatic rings. The minimum Gasteiger partial charge on any atom is -0.466 e. The van der Waals surface area contributed by atoms with Crippen molar-refractivity contribution in [3.05, 3.63) is 0 Å². The van der Waals surface area contributed by atoms with Crippen LogP contribution in [0, 0.1) is 0 Å². The molecule has 0 fully saturated rings. The van der Waals surface area contributed by atoms with E-state index < -0.39 is 9.76 Å². The smallest absolute Gasteiger partial charge is 0.153 e. The minimum atomic E-state index is -0.583. The molecule has 3 nitrogen and oxygen atoms in total. The van der Waals surface area contributed by atoms with Crippen LogP contribution in [0.3, 0.4) is 0 Å². The van der Waals surface area contributed by atoms with Crippen LogP contribution in [0.2, 0.25) is 19.6 Å². The van der Waals surface area contributed by atoms with Crippen LogP contribution in [0.5, 0.6) is 0 Å². The van der Waals surface area contributed by atoms with Gasteiger partial charge in [0.05, 0.1) is 0 Å². The van der Waals surface area contributed by atoms with E-state index in [1.165, 1.54) is 0 Å². The van der Waals surface area contributed by atoms with Crippen molar-refractivity contribution in [1.82, 2.24) is 0 Å². The summed E-state index contributed by atoms with van der Waals surface area (Å²) in [6.45, 7) is 6.15. The molecule has 0 aliphatic carbocycles. The van der Waals surface area contributed by atoms with Crippen LogP contribution in [0.4, 0.5) is 0 Å². The predicted molar refractivity (Wildman–Crippen MR) is 76.9 cm³/mol. The average Bonchev–Trinajstić information content (AvgIpc) is 1.92. The van der Waals surface area contributed by atoms with Gasteiger partial charge < -0.3 is 13.3 Å². The second kappa shape index (κ2) is 53.3. The Labute approximate surface area is 95.0 Å². The van der Waals surface area contributed by atoms with E-state index >= 15 is 0 Å². The number of hydrogen-bond acceptors (Lipinski definition) is 3.